The predicted octanol–water partition coefficient (Wildman–Crippen LogP) is 3.56. The summed E-state index contributed by atoms with van der Waals surface area (Å²) < 4.78 is 5.97. The minimum atomic E-state index is 0.381. The van der Waals surface area contributed by atoms with Crippen molar-refractivity contribution in [1.82, 2.24) is 0 Å². The zero-order valence-corrected chi connectivity index (χ0v) is 12.9. The van der Waals surface area contributed by atoms with Crippen molar-refractivity contribution in [2.45, 2.75) is 27.4 Å². The molecule has 104 valence electrons. The second-order valence-corrected chi connectivity index (χ2v) is 5.76. The standard InChI is InChI=1S/C17H19NOS/c1-12-9-13(2)14(3)16(10-12)19-11-17-15(5-4-7-18)6-8-20-17/h6,8-10H,7,11,18H2,1-3H3. The maximum Gasteiger partial charge on any atom is 0.124 e. The summed E-state index contributed by atoms with van der Waals surface area (Å²) in [6, 6.07) is 6.27. The second-order valence-electron chi connectivity index (χ2n) is 4.76. The molecule has 0 aliphatic rings. The Morgan fingerprint density at radius 3 is 2.80 bits per heavy atom. The van der Waals surface area contributed by atoms with Crippen molar-refractivity contribution in [3.63, 3.8) is 0 Å². The molecular formula is C17H19NOS. The third kappa shape index (κ3) is 3.41. The molecule has 1 heterocycles. The van der Waals surface area contributed by atoms with Crippen molar-refractivity contribution in [3.05, 3.63) is 50.7 Å². The highest BCUT2D eigenvalue weighted by molar-refractivity contribution is 7.10. The molecule has 20 heavy (non-hydrogen) atoms. The normalized spacial score (nSPS) is 10.0. The summed E-state index contributed by atoms with van der Waals surface area (Å²) in [4.78, 5) is 1.14. The number of hydrogen-bond donors (Lipinski definition) is 1. The van der Waals surface area contributed by atoms with E-state index in [4.69, 9.17) is 10.5 Å². The van der Waals surface area contributed by atoms with E-state index < -0.39 is 0 Å². The first-order chi connectivity index (χ1) is 9.61. The lowest BCUT2D eigenvalue weighted by Crippen LogP contribution is -1.99. The first kappa shape index (κ1) is 14.6. The topological polar surface area (TPSA) is 35.2 Å². The fraction of sp³-hybridized carbons (Fsp3) is 0.294. The molecule has 1 aromatic heterocycles. The number of ether oxygens (including phenoxy) is 1. The number of benzene rings is 1. The summed E-state index contributed by atoms with van der Waals surface area (Å²) >= 11 is 1.67. The summed E-state index contributed by atoms with van der Waals surface area (Å²) in [7, 11) is 0. The van der Waals surface area contributed by atoms with Gasteiger partial charge in [-0.15, -0.1) is 11.3 Å². The third-order valence-corrected chi connectivity index (χ3v) is 4.09. The van der Waals surface area contributed by atoms with Crippen LogP contribution in [0, 0.1) is 32.6 Å². The van der Waals surface area contributed by atoms with Crippen LogP contribution in [0.1, 0.15) is 27.1 Å². The third-order valence-electron chi connectivity index (χ3n) is 3.19. The van der Waals surface area contributed by atoms with Gasteiger partial charge in [0.1, 0.15) is 12.4 Å². The van der Waals surface area contributed by atoms with E-state index in [0.29, 0.717) is 13.2 Å². The molecule has 0 aliphatic carbocycles. The van der Waals surface area contributed by atoms with Gasteiger partial charge < -0.3 is 10.5 Å². The van der Waals surface area contributed by atoms with E-state index in [2.05, 4.69) is 44.7 Å². The van der Waals surface area contributed by atoms with Gasteiger partial charge in [0.15, 0.2) is 0 Å². The zero-order chi connectivity index (χ0) is 14.5. The average molecular weight is 285 g/mol. The molecule has 2 rings (SSSR count). The van der Waals surface area contributed by atoms with Crippen LogP contribution in [0.4, 0.5) is 0 Å². The van der Waals surface area contributed by atoms with Crippen LogP contribution in [0.25, 0.3) is 0 Å². The molecule has 0 saturated heterocycles. The van der Waals surface area contributed by atoms with Gasteiger partial charge in [0.2, 0.25) is 0 Å². The predicted molar refractivity (Wildman–Crippen MR) is 85.2 cm³/mol. The van der Waals surface area contributed by atoms with Crippen LogP contribution in [0.5, 0.6) is 5.75 Å². The molecule has 0 aliphatic heterocycles. The molecule has 2 N–H and O–H groups in total. The van der Waals surface area contributed by atoms with Gasteiger partial charge >= 0.3 is 0 Å². The summed E-state index contributed by atoms with van der Waals surface area (Å²) in [6.45, 7) is 7.22. The molecule has 3 heteroatoms. The molecule has 0 bridgehead atoms. The lowest BCUT2D eigenvalue weighted by Gasteiger charge is -2.12. The Kier molecular flexibility index (Phi) is 4.84. The lowest BCUT2D eigenvalue weighted by atomic mass is 10.1. The van der Waals surface area contributed by atoms with Crippen molar-refractivity contribution < 1.29 is 4.74 Å². The van der Waals surface area contributed by atoms with E-state index >= 15 is 0 Å². The molecule has 0 spiro atoms. The summed E-state index contributed by atoms with van der Waals surface area (Å²) in [6.07, 6.45) is 0. The van der Waals surface area contributed by atoms with Crippen molar-refractivity contribution in [3.8, 4) is 17.6 Å². The molecular weight excluding hydrogens is 266 g/mol. The van der Waals surface area contributed by atoms with E-state index in [9.17, 15) is 0 Å². The van der Waals surface area contributed by atoms with E-state index in [1.54, 1.807) is 11.3 Å². The Hall–Kier alpha value is -1.76. The van der Waals surface area contributed by atoms with E-state index in [1.165, 1.54) is 16.7 Å². The Labute approximate surface area is 124 Å². The Morgan fingerprint density at radius 1 is 1.25 bits per heavy atom. The SMILES string of the molecule is Cc1cc(C)c(C)c(OCc2sccc2C#CCN)c1. The molecule has 1 aromatic carbocycles. The molecule has 0 amide bonds. The van der Waals surface area contributed by atoms with Gasteiger partial charge in [-0.1, -0.05) is 17.9 Å². The van der Waals surface area contributed by atoms with Crippen LogP contribution in [0.2, 0.25) is 0 Å². The van der Waals surface area contributed by atoms with Gasteiger partial charge in [-0.25, -0.2) is 0 Å². The fourth-order valence-corrected chi connectivity index (χ4v) is 2.75. The summed E-state index contributed by atoms with van der Waals surface area (Å²) in [5.74, 6) is 6.92. The quantitative estimate of drug-likeness (QED) is 0.875. The second kappa shape index (κ2) is 6.60. The molecule has 0 radical (unpaired) electrons. The first-order valence-electron chi connectivity index (χ1n) is 6.57. The van der Waals surface area contributed by atoms with Gasteiger partial charge in [-0.3, -0.25) is 0 Å². The van der Waals surface area contributed by atoms with Crippen LogP contribution in [0.3, 0.4) is 0 Å². The molecule has 0 unspecified atom stereocenters. The number of thiophene rings is 1. The maximum atomic E-state index is 5.97. The smallest absolute Gasteiger partial charge is 0.124 e. The van der Waals surface area contributed by atoms with E-state index in [-0.39, 0.29) is 0 Å². The maximum absolute atomic E-state index is 5.97. The monoisotopic (exact) mass is 285 g/mol. The van der Waals surface area contributed by atoms with Crippen molar-refractivity contribution in [2.75, 3.05) is 6.54 Å². The van der Waals surface area contributed by atoms with Crippen LogP contribution in [-0.2, 0) is 6.61 Å². The minimum Gasteiger partial charge on any atom is -0.488 e. The molecule has 0 fully saturated rings. The number of nitrogens with two attached hydrogens (primary N) is 1. The molecule has 0 atom stereocenters. The average Bonchev–Trinajstić information content (AvgIpc) is 2.86. The Balaban J connectivity index is 2.15. The van der Waals surface area contributed by atoms with Crippen LogP contribution in [-0.4, -0.2) is 6.54 Å². The van der Waals surface area contributed by atoms with Crippen molar-refractivity contribution in [1.29, 1.82) is 0 Å². The molecule has 2 nitrogen and oxygen atoms in total. The van der Waals surface area contributed by atoms with Gasteiger partial charge in [0.25, 0.3) is 0 Å². The molecule has 2 aromatic rings. The first-order valence-corrected chi connectivity index (χ1v) is 7.45. The lowest BCUT2D eigenvalue weighted by molar-refractivity contribution is 0.307. The van der Waals surface area contributed by atoms with Gasteiger partial charge in [-0.2, -0.15) is 0 Å². The zero-order valence-electron chi connectivity index (χ0n) is 12.1. The van der Waals surface area contributed by atoms with E-state index in [1.807, 2.05) is 11.4 Å². The van der Waals surface area contributed by atoms with Gasteiger partial charge in [0, 0.05) is 5.56 Å². The number of hydrogen-bond acceptors (Lipinski definition) is 3. The molecule has 0 saturated carbocycles. The fourth-order valence-electron chi connectivity index (χ4n) is 2.00. The number of rotatable bonds is 3. The largest absolute Gasteiger partial charge is 0.488 e. The van der Waals surface area contributed by atoms with E-state index in [0.717, 1.165) is 16.2 Å². The van der Waals surface area contributed by atoms with Crippen LogP contribution >= 0.6 is 11.3 Å². The van der Waals surface area contributed by atoms with Gasteiger partial charge in [0.05, 0.1) is 11.4 Å². The highest BCUT2D eigenvalue weighted by atomic mass is 32.1. The Bertz CT molecular complexity index is 661. The van der Waals surface area contributed by atoms with Gasteiger partial charge in [-0.05, 0) is 55.0 Å². The summed E-state index contributed by atoms with van der Waals surface area (Å²) in [5, 5.41) is 2.04. The highest BCUT2D eigenvalue weighted by Gasteiger charge is 2.07. The summed E-state index contributed by atoms with van der Waals surface area (Å²) in [5.41, 5.74) is 10.1. The Morgan fingerprint density at radius 2 is 2.05 bits per heavy atom. The van der Waals surface area contributed by atoms with Crippen molar-refractivity contribution in [2.24, 2.45) is 5.73 Å². The highest BCUT2D eigenvalue weighted by Crippen LogP contribution is 2.25. The van der Waals surface area contributed by atoms with Crippen molar-refractivity contribution >= 4 is 11.3 Å². The van der Waals surface area contributed by atoms with Crippen LogP contribution in [0.15, 0.2) is 23.6 Å². The number of aryl methyl sites for hydroxylation is 2. The minimum absolute atomic E-state index is 0.381. The van der Waals surface area contributed by atoms with Crippen LogP contribution < -0.4 is 10.5 Å².